The van der Waals surface area contributed by atoms with Crippen molar-refractivity contribution in [1.82, 2.24) is 15.2 Å². The zero-order valence-electron chi connectivity index (χ0n) is 23.8. The van der Waals surface area contributed by atoms with Gasteiger partial charge in [-0.2, -0.15) is 0 Å². The van der Waals surface area contributed by atoms with Gasteiger partial charge >= 0.3 is 0 Å². The SMILES string of the molecule is COc1ccc(CNC(=O)c2ccc3c(c2)CN(Cc2cccnc2)CCCCCCCN3C(C)=O)cc1OC. The van der Waals surface area contributed by atoms with Gasteiger partial charge in [-0.15, -0.1) is 0 Å². The second-order valence-corrected chi connectivity index (χ2v) is 10.2. The number of nitrogens with one attached hydrogen (secondary N) is 1. The number of amides is 2. The van der Waals surface area contributed by atoms with Gasteiger partial charge < -0.3 is 19.7 Å². The molecule has 0 saturated carbocycles. The van der Waals surface area contributed by atoms with Crippen LogP contribution in [0.25, 0.3) is 0 Å². The summed E-state index contributed by atoms with van der Waals surface area (Å²) in [6, 6.07) is 15.3. The molecule has 0 bridgehead atoms. The van der Waals surface area contributed by atoms with E-state index in [-0.39, 0.29) is 11.8 Å². The average Bonchev–Trinajstić information content (AvgIpc) is 2.96. The van der Waals surface area contributed by atoms with E-state index in [0.717, 1.165) is 61.2 Å². The maximum absolute atomic E-state index is 13.3. The topological polar surface area (TPSA) is 84.0 Å². The fraction of sp³-hybridized carbons (Fsp3) is 0.406. The number of aromatic nitrogens is 1. The Bertz CT molecular complexity index is 1280. The molecular formula is C32H40N4O4. The summed E-state index contributed by atoms with van der Waals surface area (Å²) in [5, 5.41) is 3.03. The molecule has 0 spiro atoms. The summed E-state index contributed by atoms with van der Waals surface area (Å²) in [6.07, 6.45) is 9.18. The van der Waals surface area contributed by atoms with E-state index < -0.39 is 0 Å². The van der Waals surface area contributed by atoms with Crippen molar-refractivity contribution in [1.29, 1.82) is 0 Å². The van der Waals surface area contributed by atoms with E-state index in [0.29, 0.717) is 36.7 Å². The van der Waals surface area contributed by atoms with Gasteiger partial charge in [0, 0.05) is 56.7 Å². The largest absolute Gasteiger partial charge is 0.493 e. The highest BCUT2D eigenvalue weighted by Gasteiger charge is 2.20. The Balaban J connectivity index is 1.60. The third kappa shape index (κ3) is 7.82. The normalized spacial score (nSPS) is 14.8. The van der Waals surface area contributed by atoms with Crippen molar-refractivity contribution in [2.24, 2.45) is 0 Å². The van der Waals surface area contributed by atoms with E-state index in [4.69, 9.17) is 9.47 Å². The number of benzene rings is 2. The van der Waals surface area contributed by atoms with Crippen LogP contribution in [-0.2, 0) is 24.4 Å². The molecule has 1 aromatic heterocycles. The summed E-state index contributed by atoms with van der Waals surface area (Å²) >= 11 is 0. The molecule has 40 heavy (non-hydrogen) atoms. The van der Waals surface area contributed by atoms with Crippen LogP contribution >= 0.6 is 0 Å². The lowest BCUT2D eigenvalue weighted by Gasteiger charge is -2.29. The number of carbonyl (C=O) groups excluding carboxylic acids is 2. The van der Waals surface area contributed by atoms with Gasteiger partial charge in [0.1, 0.15) is 0 Å². The first-order valence-corrected chi connectivity index (χ1v) is 14.0. The van der Waals surface area contributed by atoms with Crippen molar-refractivity contribution in [3.63, 3.8) is 0 Å². The first kappa shape index (κ1) is 29.1. The summed E-state index contributed by atoms with van der Waals surface area (Å²) in [5.74, 6) is 1.11. The predicted molar refractivity (Wildman–Crippen MR) is 157 cm³/mol. The van der Waals surface area contributed by atoms with Gasteiger partial charge in [-0.3, -0.25) is 19.5 Å². The minimum atomic E-state index is -0.170. The quantitative estimate of drug-likeness (QED) is 0.432. The standard InChI is InChI=1S/C32H40N4O4/c1-24(37)36-17-8-6-4-5-7-16-35(22-26-10-9-15-33-20-26)23-28-19-27(12-13-29(28)36)32(38)34-21-25-11-14-30(39-2)31(18-25)40-3/h9-15,18-20H,4-8,16-17,21-23H2,1-3H3,(H,34,38). The molecule has 1 aliphatic heterocycles. The second kappa shape index (κ2) is 14.5. The number of nitrogens with zero attached hydrogens (tertiary/aromatic N) is 3. The molecule has 0 aliphatic carbocycles. The first-order chi connectivity index (χ1) is 19.5. The first-order valence-electron chi connectivity index (χ1n) is 14.0. The maximum atomic E-state index is 13.3. The molecule has 0 atom stereocenters. The van der Waals surface area contributed by atoms with Gasteiger partial charge in [-0.05, 0) is 72.5 Å². The molecule has 0 unspecified atom stereocenters. The summed E-state index contributed by atoms with van der Waals surface area (Å²) in [6.45, 7) is 4.96. The molecule has 0 fully saturated rings. The molecule has 3 aromatic rings. The molecule has 1 aliphatic rings. The highest BCUT2D eigenvalue weighted by atomic mass is 16.5. The van der Waals surface area contributed by atoms with Crippen LogP contribution in [0.3, 0.4) is 0 Å². The van der Waals surface area contributed by atoms with Crippen LogP contribution in [0, 0.1) is 0 Å². The lowest BCUT2D eigenvalue weighted by molar-refractivity contribution is -0.116. The summed E-state index contributed by atoms with van der Waals surface area (Å²) < 4.78 is 10.7. The smallest absolute Gasteiger partial charge is 0.251 e. The van der Waals surface area contributed by atoms with Crippen molar-refractivity contribution in [3.8, 4) is 11.5 Å². The van der Waals surface area contributed by atoms with Crippen LogP contribution in [0.1, 0.15) is 66.1 Å². The van der Waals surface area contributed by atoms with E-state index in [1.54, 1.807) is 27.3 Å². The minimum absolute atomic E-state index is 0.0165. The fourth-order valence-corrected chi connectivity index (χ4v) is 5.18. The zero-order chi connectivity index (χ0) is 28.3. The van der Waals surface area contributed by atoms with E-state index >= 15 is 0 Å². The maximum Gasteiger partial charge on any atom is 0.251 e. The summed E-state index contributed by atoms with van der Waals surface area (Å²) in [7, 11) is 3.19. The average molecular weight is 545 g/mol. The number of ether oxygens (including phenoxy) is 2. The zero-order valence-corrected chi connectivity index (χ0v) is 23.8. The molecular weight excluding hydrogens is 504 g/mol. The Kier molecular flexibility index (Phi) is 10.5. The number of hydrogen-bond donors (Lipinski definition) is 1. The minimum Gasteiger partial charge on any atom is -0.493 e. The fourth-order valence-electron chi connectivity index (χ4n) is 5.18. The van der Waals surface area contributed by atoms with Crippen LogP contribution in [0.5, 0.6) is 11.5 Å². The van der Waals surface area contributed by atoms with Gasteiger partial charge in [0.25, 0.3) is 5.91 Å². The number of carbonyl (C=O) groups is 2. The molecule has 0 radical (unpaired) electrons. The highest BCUT2D eigenvalue weighted by Crippen LogP contribution is 2.28. The lowest BCUT2D eigenvalue weighted by Crippen LogP contribution is -2.33. The molecule has 0 saturated heterocycles. The highest BCUT2D eigenvalue weighted by molar-refractivity contribution is 5.97. The van der Waals surface area contributed by atoms with Gasteiger partial charge in [0.2, 0.25) is 5.91 Å². The van der Waals surface area contributed by atoms with Crippen molar-refractivity contribution in [2.75, 3.05) is 32.2 Å². The monoisotopic (exact) mass is 544 g/mol. The molecule has 2 heterocycles. The van der Waals surface area contributed by atoms with Crippen LogP contribution in [0.2, 0.25) is 0 Å². The Morgan fingerprint density at radius 3 is 2.40 bits per heavy atom. The Labute approximate surface area is 237 Å². The summed E-state index contributed by atoms with van der Waals surface area (Å²) in [4.78, 5) is 34.6. The number of fused-ring (bicyclic) bond motifs is 1. The van der Waals surface area contributed by atoms with E-state index in [1.807, 2.05) is 53.6 Å². The number of methoxy groups -OCH3 is 2. The van der Waals surface area contributed by atoms with Crippen molar-refractivity contribution >= 4 is 17.5 Å². The van der Waals surface area contributed by atoms with Crippen LogP contribution < -0.4 is 19.7 Å². The van der Waals surface area contributed by atoms with Crippen LogP contribution in [-0.4, -0.2) is 49.0 Å². The molecule has 2 aromatic carbocycles. The van der Waals surface area contributed by atoms with Gasteiger partial charge in [0.15, 0.2) is 11.5 Å². The lowest BCUT2D eigenvalue weighted by atomic mass is 10.0. The molecule has 1 N–H and O–H groups in total. The Morgan fingerprint density at radius 1 is 0.900 bits per heavy atom. The molecule has 212 valence electrons. The second-order valence-electron chi connectivity index (χ2n) is 10.2. The van der Waals surface area contributed by atoms with Crippen LogP contribution in [0.4, 0.5) is 5.69 Å². The molecule has 8 heteroatoms. The third-order valence-electron chi connectivity index (χ3n) is 7.29. The number of pyridine rings is 1. The van der Waals surface area contributed by atoms with Crippen molar-refractivity contribution < 1.29 is 19.1 Å². The van der Waals surface area contributed by atoms with Crippen molar-refractivity contribution in [3.05, 3.63) is 83.2 Å². The number of hydrogen-bond acceptors (Lipinski definition) is 6. The third-order valence-corrected chi connectivity index (χ3v) is 7.29. The molecule has 4 rings (SSSR count). The van der Waals surface area contributed by atoms with Gasteiger partial charge in [-0.25, -0.2) is 0 Å². The van der Waals surface area contributed by atoms with Crippen molar-refractivity contribution in [2.45, 2.75) is 58.7 Å². The summed E-state index contributed by atoms with van der Waals surface area (Å²) in [5.41, 5.74) is 4.46. The van der Waals surface area contributed by atoms with E-state index in [9.17, 15) is 9.59 Å². The Hall–Kier alpha value is -3.91. The van der Waals surface area contributed by atoms with Gasteiger partial charge in [0.05, 0.1) is 14.2 Å². The van der Waals surface area contributed by atoms with E-state index in [2.05, 4.69) is 21.3 Å². The molecule has 2 amide bonds. The van der Waals surface area contributed by atoms with E-state index in [1.165, 1.54) is 6.42 Å². The predicted octanol–water partition coefficient (Wildman–Crippen LogP) is 5.35. The molecule has 8 nitrogen and oxygen atoms in total. The van der Waals surface area contributed by atoms with Gasteiger partial charge in [-0.1, -0.05) is 31.4 Å². The number of anilines is 1. The Morgan fingerprint density at radius 2 is 1.68 bits per heavy atom. The number of rotatable bonds is 7. The van der Waals surface area contributed by atoms with Crippen LogP contribution in [0.15, 0.2) is 60.9 Å².